The van der Waals surface area contributed by atoms with Crippen LogP contribution in [0.1, 0.15) is 0 Å². The third kappa shape index (κ3) is 1.68. The van der Waals surface area contributed by atoms with E-state index in [0.29, 0.717) is 5.52 Å². The molecule has 9 nitrogen and oxygen atoms in total. The maximum atomic E-state index is 12.0. The zero-order valence-electron chi connectivity index (χ0n) is 9.89. The number of benzene rings is 1. The Labute approximate surface area is 109 Å². The van der Waals surface area contributed by atoms with Crippen LogP contribution < -0.4 is 11.1 Å². The van der Waals surface area contributed by atoms with Crippen LogP contribution in [0.4, 0.5) is 5.69 Å². The Kier molecular flexibility index (Phi) is 2.46. The molecule has 0 aliphatic heterocycles. The summed E-state index contributed by atoms with van der Waals surface area (Å²) in [5.41, 5.74) is -1.33. The van der Waals surface area contributed by atoms with Gasteiger partial charge in [-0.3, -0.25) is 19.7 Å². The topological polar surface area (TPSA) is 116 Å². The zero-order chi connectivity index (χ0) is 14.3. The third-order valence-corrected chi connectivity index (χ3v) is 2.78. The number of nitro benzene ring substituents is 1. The summed E-state index contributed by atoms with van der Waals surface area (Å²) in [4.78, 5) is 40.0. The first-order chi connectivity index (χ1) is 9.58. The fourth-order valence-corrected chi connectivity index (χ4v) is 1.90. The molecule has 9 heteroatoms. The molecular formula is C11H7N5O4. The van der Waals surface area contributed by atoms with Crippen molar-refractivity contribution in [2.45, 2.75) is 0 Å². The predicted molar refractivity (Wildman–Crippen MR) is 68.5 cm³/mol. The number of aromatic amines is 1. The van der Waals surface area contributed by atoms with E-state index in [2.05, 4.69) is 9.97 Å². The van der Waals surface area contributed by atoms with Crippen LogP contribution >= 0.6 is 0 Å². The van der Waals surface area contributed by atoms with Gasteiger partial charge in [-0.15, -0.1) is 0 Å². The van der Waals surface area contributed by atoms with E-state index in [-0.39, 0.29) is 11.2 Å². The number of aromatic nitrogens is 4. The number of imidazole rings is 1. The molecule has 1 aromatic carbocycles. The first kappa shape index (κ1) is 11.8. The number of fused-ring (bicyclic) bond motifs is 1. The van der Waals surface area contributed by atoms with Crippen LogP contribution in [-0.2, 0) is 0 Å². The van der Waals surface area contributed by atoms with Gasteiger partial charge in [0.2, 0.25) is 0 Å². The van der Waals surface area contributed by atoms with E-state index in [1.807, 2.05) is 0 Å². The second-order valence-corrected chi connectivity index (χ2v) is 3.97. The van der Waals surface area contributed by atoms with Gasteiger partial charge in [-0.05, 0) is 6.07 Å². The summed E-state index contributed by atoms with van der Waals surface area (Å²) in [6, 6.07) is 3.84. The van der Waals surface area contributed by atoms with E-state index >= 15 is 0 Å². The summed E-state index contributed by atoms with van der Waals surface area (Å²) >= 11 is 0. The van der Waals surface area contributed by atoms with Crippen LogP contribution in [0.15, 0.2) is 46.5 Å². The molecule has 0 saturated heterocycles. The quantitative estimate of drug-likeness (QED) is 0.404. The number of rotatable bonds is 2. The molecule has 0 aliphatic rings. The fourth-order valence-electron chi connectivity index (χ4n) is 1.90. The van der Waals surface area contributed by atoms with Gasteiger partial charge < -0.3 is 4.98 Å². The van der Waals surface area contributed by atoms with Crippen molar-refractivity contribution in [3.8, 4) is 0 Å². The number of nitrogens with one attached hydrogen (secondary N) is 1. The van der Waals surface area contributed by atoms with E-state index in [4.69, 9.17) is 0 Å². The number of hydrogen-bond donors (Lipinski definition) is 1. The Morgan fingerprint density at radius 2 is 2.10 bits per heavy atom. The maximum absolute atomic E-state index is 12.0. The van der Waals surface area contributed by atoms with Crippen molar-refractivity contribution < 1.29 is 4.92 Å². The van der Waals surface area contributed by atoms with E-state index in [9.17, 15) is 19.7 Å². The summed E-state index contributed by atoms with van der Waals surface area (Å²) in [5, 5.41) is 10.8. The van der Waals surface area contributed by atoms with Gasteiger partial charge in [-0.25, -0.2) is 14.3 Å². The van der Waals surface area contributed by atoms with Crippen molar-refractivity contribution >= 4 is 16.7 Å². The zero-order valence-corrected chi connectivity index (χ0v) is 9.89. The minimum absolute atomic E-state index is 0.183. The lowest BCUT2D eigenvalue weighted by atomic mass is 10.2. The summed E-state index contributed by atoms with van der Waals surface area (Å²) < 4.78 is 2.30. The minimum Gasteiger partial charge on any atom is -0.316 e. The molecule has 20 heavy (non-hydrogen) atoms. The average Bonchev–Trinajstić information content (AvgIpc) is 2.93. The van der Waals surface area contributed by atoms with Crippen molar-refractivity contribution in [2.24, 2.45) is 0 Å². The molecule has 0 amide bonds. The fraction of sp³-hybridized carbons (Fsp3) is 0. The maximum Gasteiger partial charge on any atom is 0.335 e. The van der Waals surface area contributed by atoms with Crippen LogP contribution in [0, 0.1) is 10.1 Å². The summed E-state index contributed by atoms with van der Waals surface area (Å²) in [6.45, 7) is 0. The van der Waals surface area contributed by atoms with Gasteiger partial charge >= 0.3 is 11.1 Å². The lowest BCUT2D eigenvalue weighted by molar-refractivity contribution is -0.384. The number of H-pyrrole nitrogens is 1. The molecule has 1 N–H and O–H groups in total. The highest BCUT2D eigenvalue weighted by atomic mass is 16.6. The van der Waals surface area contributed by atoms with Crippen molar-refractivity contribution in [1.82, 2.24) is 19.3 Å². The molecule has 2 aromatic heterocycles. The van der Waals surface area contributed by atoms with Crippen molar-refractivity contribution in [1.29, 1.82) is 0 Å². The summed E-state index contributed by atoms with van der Waals surface area (Å²) in [7, 11) is 0. The molecule has 0 radical (unpaired) electrons. The van der Waals surface area contributed by atoms with Crippen molar-refractivity contribution in [2.75, 3.05) is 0 Å². The number of nitro groups is 1. The molecule has 0 aliphatic carbocycles. The van der Waals surface area contributed by atoms with E-state index < -0.39 is 16.0 Å². The Bertz CT molecular complexity index is 922. The van der Waals surface area contributed by atoms with Crippen LogP contribution in [0.2, 0.25) is 0 Å². The second-order valence-electron chi connectivity index (χ2n) is 3.97. The summed E-state index contributed by atoms with van der Waals surface area (Å²) in [5.74, 6) is 0. The van der Waals surface area contributed by atoms with Crippen LogP contribution in [0.3, 0.4) is 0 Å². The normalized spacial score (nSPS) is 10.8. The molecular weight excluding hydrogens is 266 g/mol. The minimum atomic E-state index is -0.851. The van der Waals surface area contributed by atoms with E-state index in [1.54, 1.807) is 0 Å². The molecule has 2 heterocycles. The highest BCUT2D eigenvalue weighted by molar-refractivity contribution is 5.77. The Morgan fingerprint density at radius 3 is 2.75 bits per heavy atom. The van der Waals surface area contributed by atoms with Crippen LogP contribution in [-0.4, -0.2) is 24.2 Å². The highest BCUT2D eigenvalue weighted by Gasteiger charge is 2.13. The Balaban J connectivity index is 2.49. The lowest BCUT2D eigenvalue weighted by Crippen LogP contribution is -2.38. The van der Waals surface area contributed by atoms with Crippen molar-refractivity contribution in [3.05, 3.63) is 67.7 Å². The summed E-state index contributed by atoms with van der Waals surface area (Å²) in [6.07, 6.45) is 4.20. The number of hydrogen-bond acceptors (Lipinski definition) is 5. The van der Waals surface area contributed by atoms with Gasteiger partial charge in [0.05, 0.1) is 16.0 Å². The molecule has 0 saturated carbocycles. The largest absolute Gasteiger partial charge is 0.335 e. The van der Waals surface area contributed by atoms with Gasteiger partial charge in [0.25, 0.3) is 5.69 Å². The lowest BCUT2D eigenvalue weighted by Gasteiger charge is -2.09. The first-order valence-corrected chi connectivity index (χ1v) is 5.50. The standard InChI is InChI=1S/C11H7N5O4/c17-10-11(18)15(14-4-3-12-6-14)9-5-7(16(19)20)1-2-8(9)13-10/h1-6H,(H,13,17). The number of nitrogens with zero attached hydrogens (tertiary/aromatic N) is 4. The average molecular weight is 273 g/mol. The number of non-ortho nitro benzene ring substituents is 1. The van der Waals surface area contributed by atoms with Gasteiger partial charge in [-0.2, -0.15) is 0 Å². The Morgan fingerprint density at radius 1 is 1.30 bits per heavy atom. The molecule has 0 unspecified atom stereocenters. The van der Waals surface area contributed by atoms with E-state index in [1.165, 1.54) is 41.6 Å². The molecule has 3 rings (SSSR count). The predicted octanol–water partition coefficient (Wildman–Crippen LogP) is 0.106. The van der Waals surface area contributed by atoms with Crippen LogP contribution in [0.25, 0.3) is 11.0 Å². The molecule has 0 atom stereocenters. The smallest absolute Gasteiger partial charge is 0.316 e. The molecule has 3 aromatic rings. The SMILES string of the molecule is O=c1[nH]c2ccc([N+](=O)[O-])cc2n(-n2ccnc2)c1=O. The second kappa shape index (κ2) is 4.16. The Hall–Kier alpha value is -3.23. The van der Waals surface area contributed by atoms with Gasteiger partial charge in [0, 0.05) is 24.5 Å². The van der Waals surface area contributed by atoms with E-state index in [0.717, 1.165) is 4.68 Å². The van der Waals surface area contributed by atoms with Gasteiger partial charge in [0.15, 0.2) is 0 Å². The van der Waals surface area contributed by atoms with Gasteiger partial charge in [-0.1, -0.05) is 0 Å². The molecule has 0 spiro atoms. The molecule has 0 fully saturated rings. The van der Waals surface area contributed by atoms with Crippen LogP contribution in [0.5, 0.6) is 0 Å². The van der Waals surface area contributed by atoms with Gasteiger partial charge in [0.1, 0.15) is 6.33 Å². The monoisotopic (exact) mass is 273 g/mol. The highest BCUT2D eigenvalue weighted by Crippen LogP contribution is 2.17. The van der Waals surface area contributed by atoms with Crippen molar-refractivity contribution in [3.63, 3.8) is 0 Å². The first-order valence-electron chi connectivity index (χ1n) is 5.50. The molecule has 0 bridgehead atoms. The molecule has 100 valence electrons. The third-order valence-electron chi connectivity index (χ3n) is 2.78.